The first-order chi connectivity index (χ1) is 14.8. The maximum absolute atomic E-state index is 12.7. The number of rotatable bonds is 4. The van der Waals surface area contributed by atoms with Gasteiger partial charge in [0.1, 0.15) is 5.02 Å². The first-order valence-electron chi connectivity index (χ1n) is 8.70. The van der Waals surface area contributed by atoms with E-state index in [2.05, 4.69) is 20.3 Å². The molecule has 0 N–H and O–H groups in total. The molecule has 3 aromatic heterocycles. The summed E-state index contributed by atoms with van der Waals surface area (Å²) < 4.78 is 40.7. The fourth-order valence-corrected chi connectivity index (χ4v) is 3.69. The second-order valence-corrected chi connectivity index (χ2v) is 7.66. The van der Waals surface area contributed by atoms with Gasteiger partial charge in [-0.15, -0.1) is 10.2 Å². The maximum atomic E-state index is 12.7. The first kappa shape index (κ1) is 21.1. The molecule has 31 heavy (non-hydrogen) atoms. The molecule has 12 heteroatoms. The third-order valence-corrected chi connectivity index (χ3v) is 5.79. The van der Waals surface area contributed by atoms with Crippen molar-refractivity contribution in [1.82, 2.24) is 29.5 Å². The molecule has 0 unspecified atom stereocenters. The Morgan fingerprint density at radius 3 is 2.42 bits per heavy atom. The van der Waals surface area contributed by atoms with Gasteiger partial charge in [0.15, 0.2) is 16.8 Å². The smallest absolute Gasteiger partial charge is 0.305 e. The summed E-state index contributed by atoms with van der Waals surface area (Å²) in [6.07, 6.45) is -2.58. The highest BCUT2D eigenvalue weighted by Gasteiger charge is 2.30. The Labute approximate surface area is 182 Å². The molecule has 4 rings (SSSR count). The predicted octanol–water partition coefficient (Wildman–Crippen LogP) is 4.25. The molecule has 3 heterocycles. The Kier molecular flexibility index (Phi) is 5.54. The van der Waals surface area contributed by atoms with Gasteiger partial charge in [-0.3, -0.25) is 4.79 Å². The zero-order valence-corrected chi connectivity index (χ0v) is 17.3. The minimum atomic E-state index is -4.53. The molecule has 7 nitrogen and oxygen atoms in total. The van der Waals surface area contributed by atoms with Gasteiger partial charge in [0.05, 0.1) is 16.7 Å². The summed E-state index contributed by atoms with van der Waals surface area (Å²) in [5.41, 5.74) is -0.777. The van der Waals surface area contributed by atoms with Crippen molar-refractivity contribution in [2.45, 2.75) is 16.2 Å². The van der Waals surface area contributed by atoms with E-state index in [-0.39, 0.29) is 10.8 Å². The Balaban J connectivity index is 1.63. The Hall–Kier alpha value is -3.18. The highest BCUT2D eigenvalue weighted by molar-refractivity contribution is 7.99. The molecule has 0 bridgehead atoms. The minimum Gasteiger partial charge on any atom is -0.305 e. The molecule has 0 fully saturated rings. The van der Waals surface area contributed by atoms with E-state index in [0.717, 1.165) is 34.1 Å². The average molecular weight is 465 g/mol. The highest BCUT2D eigenvalue weighted by atomic mass is 35.5. The largest absolute Gasteiger partial charge is 0.417 e. The molecule has 1 aromatic carbocycles. The molecule has 0 radical (unpaired) electrons. The lowest BCUT2D eigenvalue weighted by Gasteiger charge is -2.09. The number of pyridine rings is 1. The molecule has 0 amide bonds. The summed E-state index contributed by atoms with van der Waals surface area (Å²) in [7, 11) is 1.78. The maximum Gasteiger partial charge on any atom is 0.417 e. The van der Waals surface area contributed by atoms with E-state index < -0.39 is 17.3 Å². The van der Waals surface area contributed by atoms with Gasteiger partial charge in [-0.1, -0.05) is 41.9 Å². The van der Waals surface area contributed by atoms with Gasteiger partial charge in [0.2, 0.25) is 0 Å². The third kappa shape index (κ3) is 4.19. The topological polar surface area (TPSA) is 78.5 Å². The second kappa shape index (κ2) is 8.16. The van der Waals surface area contributed by atoms with Crippen LogP contribution in [0.5, 0.6) is 0 Å². The van der Waals surface area contributed by atoms with Crippen LogP contribution in [0.1, 0.15) is 5.56 Å². The van der Waals surface area contributed by atoms with Crippen LogP contribution in [0.2, 0.25) is 5.02 Å². The number of hydrogen-bond donors (Lipinski definition) is 0. The fraction of sp³-hybridized carbons (Fsp3) is 0.105. The van der Waals surface area contributed by atoms with Crippen molar-refractivity contribution < 1.29 is 13.2 Å². The van der Waals surface area contributed by atoms with Crippen molar-refractivity contribution in [3.05, 3.63) is 75.8 Å². The quantitative estimate of drug-likeness (QED) is 0.449. The Morgan fingerprint density at radius 1 is 1.03 bits per heavy atom. The van der Waals surface area contributed by atoms with Crippen molar-refractivity contribution in [2.75, 3.05) is 0 Å². The standard InChI is InChI=1S/C19H12ClF3N6OS/c1-28-16(11-5-3-2-4-6-11)26-27-18(28)31-13-10-25-29(17(30)15(13)20)14-8-7-12(9-24-14)19(21,22)23/h2-10H,1H3. The van der Waals surface area contributed by atoms with Crippen LogP contribution in [0.3, 0.4) is 0 Å². The van der Waals surface area contributed by atoms with Crippen molar-refractivity contribution in [2.24, 2.45) is 7.05 Å². The molecule has 0 spiro atoms. The fourth-order valence-electron chi connectivity index (χ4n) is 2.67. The Morgan fingerprint density at radius 2 is 1.77 bits per heavy atom. The van der Waals surface area contributed by atoms with Crippen LogP contribution in [-0.4, -0.2) is 29.5 Å². The van der Waals surface area contributed by atoms with Crippen LogP contribution in [0.25, 0.3) is 17.2 Å². The minimum absolute atomic E-state index is 0.0820. The molecule has 0 saturated heterocycles. The zero-order valence-electron chi connectivity index (χ0n) is 15.7. The summed E-state index contributed by atoms with van der Waals surface area (Å²) in [6.45, 7) is 0. The zero-order chi connectivity index (χ0) is 22.2. The van der Waals surface area contributed by atoms with E-state index in [0.29, 0.717) is 22.1 Å². The molecule has 0 saturated carbocycles. The summed E-state index contributed by atoms with van der Waals surface area (Å²) in [5.74, 6) is 0.552. The molecular formula is C19H12ClF3N6OS. The molecule has 0 aliphatic carbocycles. The predicted molar refractivity (Wildman–Crippen MR) is 108 cm³/mol. The van der Waals surface area contributed by atoms with E-state index in [1.807, 2.05) is 30.3 Å². The van der Waals surface area contributed by atoms with Gasteiger partial charge in [-0.2, -0.15) is 23.0 Å². The lowest BCUT2D eigenvalue weighted by atomic mass is 10.2. The lowest BCUT2D eigenvalue weighted by Crippen LogP contribution is -2.23. The highest BCUT2D eigenvalue weighted by Crippen LogP contribution is 2.32. The lowest BCUT2D eigenvalue weighted by molar-refractivity contribution is -0.137. The van der Waals surface area contributed by atoms with E-state index in [4.69, 9.17) is 11.6 Å². The van der Waals surface area contributed by atoms with Crippen LogP contribution < -0.4 is 5.56 Å². The number of halogens is 4. The van der Waals surface area contributed by atoms with E-state index in [1.165, 1.54) is 6.20 Å². The first-order valence-corrected chi connectivity index (χ1v) is 9.89. The number of nitrogens with zero attached hydrogens (tertiary/aromatic N) is 6. The van der Waals surface area contributed by atoms with Crippen molar-refractivity contribution >= 4 is 23.4 Å². The molecule has 0 aliphatic heterocycles. The van der Waals surface area contributed by atoms with Gasteiger partial charge in [0, 0.05) is 18.8 Å². The number of benzene rings is 1. The van der Waals surface area contributed by atoms with Gasteiger partial charge >= 0.3 is 6.18 Å². The second-order valence-electron chi connectivity index (χ2n) is 6.28. The van der Waals surface area contributed by atoms with E-state index in [9.17, 15) is 18.0 Å². The van der Waals surface area contributed by atoms with Crippen LogP contribution in [-0.2, 0) is 13.2 Å². The normalized spacial score (nSPS) is 11.6. The molecule has 0 atom stereocenters. The average Bonchev–Trinajstić information content (AvgIpc) is 3.12. The summed E-state index contributed by atoms with van der Waals surface area (Å²) in [6, 6.07) is 11.3. The summed E-state index contributed by atoms with van der Waals surface area (Å²) in [4.78, 5) is 16.6. The summed E-state index contributed by atoms with van der Waals surface area (Å²) >= 11 is 7.31. The monoisotopic (exact) mass is 464 g/mol. The molecule has 0 aliphatic rings. The van der Waals surface area contributed by atoms with Crippen LogP contribution in [0.15, 0.2) is 69.7 Å². The van der Waals surface area contributed by atoms with Crippen molar-refractivity contribution in [1.29, 1.82) is 0 Å². The number of alkyl halides is 3. The molecule has 4 aromatic rings. The van der Waals surface area contributed by atoms with E-state index in [1.54, 1.807) is 11.6 Å². The van der Waals surface area contributed by atoms with Gasteiger partial charge in [-0.05, 0) is 23.9 Å². The van der Waals surface area contributed by atoms with Crippen LogP contribution in [0, 0.1) is 0 Å². The van der Waals surface area contributed by atoms with Crippen molar-refractivity contribution in [3.63, 3.8) is 0 Å². The Bertz CT molecular complexity index is 1290. The van der Waals surface area contributed by atoms with Gasteiger partial charge < -0.3 is 4.57 Å². The molecule has 158 valence electrons. The van der Waals surface area contributed by atoms with Crippen LogP contribution in [0.4, 0.5) is 13.2 Å². The SMILES string of the molecule is Cn1c(Sc2cnn(-c3ccc(C(F)(F)F)cn3)c(=O)c2Cl)nnc1-c1ccccc1. The van der Waals surface area contributed by atoms with Gasteiger partial charge in [-0.25, -0.2) is 4.98 Å². The van der Waals surface area contributed by atoms with Crippen molar-refractivity contribution in [3.8, 4) is 17.2 Å². The molecular weight excluding hydrogens is 453 g/mol. The summed E-state index contributed by atoms with van der Waals surface area (Å²) in [5, 5.41) is 12.6. The number of hydrogen-bond acceptors (Lipinski definition) is 6. The van der Waals surface area contributed by atoms with Gasteiger partial charge in [0.25, 0.3) is 5.56 Å². The van der Waals surface area contributed by atoms with Crippen LogP contribution >= 0.6 is 23.4 Å². The third-order valence-electron chi connectivity index (χ3n) is 4.25. The van der Waals surface area contributed by atoms with E-state index >= 15 is 0 Å². The number of aromatic nitrogens is 6.